The number of aromatic nitrogens is 3. The molecule has 0 aliphatic rings. The minimum absolute atomic E-state index is 0.846. The highest BCUT2D eigenvalue weighted by Crippen LogP contribution is 2.47. The molecule has 0 aliphatic carbocycles. The van der Waals surface area contributed by atoms with Gasteiger partial charge in [-0.3, -0.25) is 0 Å². The number of fused-ring (bicyclic) bond motifs is 11. The summed E-state index contributed by atoms with van der Waals surface area (Å²) in [6, 6.07) is 94.6. The second-order valence-corrected chi connectivity index (χ2v) is 20.3. The minimum atomic E-state index is 0.846. The molecule has 0 N–H and O–H groups in total. The SMILES string of the molecule is c1ccc(-c2cc(-c3ccccc3)cc(-c3ccc(-c4nc5ccccc5nc4-c4ccc(-n5c6ccc7ccccc7c6c6c7ccccc7c(-c7cccc8c7sc7ccccc78)cc65)cc4)cc3)c2)cc1. The molecule has 0 spiro atoms. The van der Waals surface area contributed by atoms with Gasteiger partial charge in [0.25, 0.3) is 0 Å². The smallest absolute Gasteiger partial charge is 0.0973 e. The molecule has 3 aromatic heterocycles. The van der Waals surface area contributed by atoms with Crippen LogP contribution in [0, 0.1) is 0 Å². The standard InChI is InChI=1S/C70H43N3S/c1-3-16-44(17-4-1)50-40-51(45-18-5-2-6-19-45)42-52(41-50)46-30-32-48(33-31-46)68-69(72-62-28-13-12-27-61(62)71-68)49-34-37-53(38-35-49)73-63-39-36-47-20-7-8-21-54(47)66(63)67-57-24-10-9-22-55(57)60(43-64(67)73)59-26-15-25-58-56-23-11-14-29-65(56)74-70(58)59/h1-43H. The molecule has 3 nitrogen and oxygen atoms in total. The molecule has 74 heavy (non-hydrogen) atoms. The van der Waals surface area contributed by atoms with Crippen LogP contribution in [0.5, 0.6) is 0 Å². The van der Waals surface area contributed by atoms with E-state index in [0.717, 1.165) is 50.4 Å². The highest BCUT2D eigenvalue weighted by molar-refractivity contribution is 7.26. The van der Waals surface area contributed by atoms with Crippen molar-refractivity contribution in [2.45, 2.75) is 0 Å². The van der Waals surface area contributed by atoms with Crippen molar-refractivity contribution in [2.75, 3.05) is 0 Å². The Labute approximate surface area is 431 Å². The molecular formula is C70H43N3S. The van der Waals surface area contributed by atoms with Gasteiger partial charge in [-0.25, -0.2) is 9.97 Å². The number of thiophene rings is 1. The summed E-state index contributed by atoms with van der Waals surface area (Å²) in [5, 5.41) is 10.1. The summed E-state index contributed by atoms with van der Waals surface area (Å²) in [7, 11) is 0. The zero-order valence-electron chi connectivity index (χ0n) is 40.1. The van der Waals surface area contributed by atoms with E-state index in [0.29, 0.717) is 0 Å². The van der Waals surface area contributed by atoms with Crippen molar-refractivity contribution in [1.29, 1.82) is 0 Å². The molecule has 0 saturated heterocycles. The second kappa shape index (κ2) is 17.1. The van der Waals surface area contributed by atoms with E-state index < -0.39 is 0 Å². The van der Waals surface area contributed by atoms with Crippen LogP contribution < -0.4 is 0 Å². The molecule has 15 rings (SSSR count). The molecule has 3 heterocycles. The van der Waals surface area contributed by atoms with E-state index in [9.17, 15) is 0 Å². The third-order valence-electron chi connectivity index (χ3n) is 15.0. The molecule has 0 amide bonds. The minimum Gasteiger partial charge on any atom is -0.309 e. The van der Waals surface area contributed by atoms with Crippen molar-refractivity contribution < 1.29 is 0 Å². The lowest BCUT2D eigenvalue weighted by atomic mass is 9.92. The molecule has 4 heteroatoms. The van der Waals surface area contributed by atoms with Crippen LogP contribution in [0.3, 0.4) is 0 Å². The summed E-state index contributed by atoms with van der Waals surface area (Å²) in [5.74, 6) is 0. The van der Waals surface area contributed by atoms with E-state index in [1.165, 1.54) is 96.9 Å². The van der Waals surface area contributed by atoms with Gasteiger partial charge in [0.15, 0.2) is 0 Å². The number of para-hydroxylation sites is 2. The summed E-state index contributed by atoms with van der Waals surface area (Å²) < 4.78 is 5.09. The lowest BCUT2D eigenvalue weighted by Crippen LogP contribution is -1.97. The maximum atomic E-state index is 5.37. The Kier molecular flexibility index (Phi) is 9.75. The summed E-state index contributed by atoms with van der Waals surface area (Å²) in [5.41, 5.74) is 18.4. The summed E-state index contributed by atoms with van der Waals surface area (Å²) in [6.45, 7) is 0. The van der Waals surface area contributed by atoms with Crippen molar-refractivity contribution in [3.63, 3.8) is 0 Å². The third-order valence-corrected chi connectivity index (χ3v) is 16.2. The Morgan fingerprint density at radius 3 is 1.46 bits per heavy atom. The van der Waals surface area contributed by atoms with Gasteiger partial charge in [0.2, 0.25) is 0 Å². The third kappa shape index (κ3) is 6.87. The summed E-state index contributed by atoms with van der Waals surface area (Å²) in [4.78, 5) is 10.7. The van der Waals surface area contributed by atoms with Gasteiger partial charge in [-0.15, -0.1) is 11.3 Å². The first-order chi connectivity index (χ1) is 36.7. The van der Waals surface area contributed by atoms with Crippen LogP contribution in [0.25, 0.3) is 147 Å². The highest BCUT2D eigenvalue weighted by atomic mass is 32.1. The second-order valence-electron chi connectivity index (χ2n) is 19.2. The van der Waals surface area contributed by atoms with E-state index in [4.69, 9.17) is 9.97 Å². The molecule has 0 atom stereocenters. The molecule has 0 unspecified atom stereocenters. The first-order valence-electron chi connectivity index (χ1n) is 25.2. The average Bonchev–Trinajstić information content (AvgIpc) is 4.05. The Morgan fingerprint density at radius 2 is 0.797 bits per heavy atom. The zero-order chi connectivity index (χ0) is 48.7. The van der Waals surface area contributed by atoms with Gasteiger partial charge in [-0.1, -0.05) is 200 Å². The van der Waals surface area contributed by atoms with Gasteiger partial charge in [0.05, 0.1) is 33.5 Å². The highest BCUT2D eigenvalue weighted by Gasteiger charge is 2.22. The molecule has 0 radical (unpaired) electrons. The normalized spacial score (nSPS) is 11.8. The fourth-order valence-corrected chi connectivity index (χ4v) is 12.7. The predicted octanol–water partition coefficient (Wildman–Crippen LogP) is 19.4. The van der Waals surface area contributed by atoms with Gasteiger partial charge >= 0.3 is 0 Å². The fourth-order valence-electron chi connectivity index (χ4n) is 11.5. The van der Waals surface area contributed by atoms with Crippen LogP contribution in [-0.4, -0.2) is 14.5 Å². The Morgan fingerprint density at radius 1 is 0.297 bits per heavy atom. The van der Waals surface area contributed by atoms with Gasteiger partial charge in [-0.05, 0) is 121 Å². The molecular weight excluding hydrogens is 915 g/mol. The average molecular weight is 958 g/mol. The number of hydrogen-bond acceptors (Lipinski definition) is 3. The molecule has 0 aliphatic heterocycles. The first-order valence-corrected chi connectivity index (χ1v) is 26.0. The number of nitrogens with zero attached hydrogens (tertiary/aromatic N) is 3. The van der Waals surface area contributed by atoms with Crippen molar-refractivity contribution in [1.82, 2.24) is 14.5 Å². The van der Waals surface area contributed by atoms with Crippen molar-refractivity contribution >= 4 is 85.9 Å². The van der Waals surface area contributed by atoms with Crippen LogP contribution >= 0.6 is 11.3 Å². The van der Waals surface area contributed by atoms with Gasteiger partial charge in [0.1, 0.15) is 0 Å². The van der Waals surface area contributed by atoms with Crippen LogP contribution in [0.1, 0.15) is 0 Å². The predicted molar refractivity (Wildman–Crippen MR) is 314 cm³/mol. The van der Waals surface area contributed by atoms with Crippen LogP contribution in [0.4, 0.5) is 0 Å². The largest absolute Gasteiger partial charge is 0.309 e. The van der Waals surface area contributed by atoms with Crippen molar-refractivity contribution in [3.8, 4) is 72.7 Å². The topological polar surface area (TPSA) is 30.7 Å². The van der Waals surface area contributed by atoms with E-state index in [1.54, 1.807) is 0 Å². The van der Waals surface area contributed by atoms with E-state index in [-0.39, 0.29) is 0 Å². The maximum absolute atomic E-state index is 5.37. The lowest BCUT2D eigenvalue weighted by Gasteiger charge is -2.14. The Bertz CT molecular complexity index is 4630. The van der Waals surface area contributed by atoms with Gasteiger partial charge < -0.3 is 4.57 Å². The fraction of sp³-hybridized carbons (Fsp3) is 0. The van der Waals surface area contributed by atoms with Gasteiger partial charge in [0, 0.05) is 53.3 Å². The molecule has 12 aromatic carbocycles. The number of rotatable bonds is 7. The van der Waals surface area contributed by atoms with Crippen molar-refractivity contribution in [3.05, 3.63) is 261 Å². The summed E-state index contributed by atoms with van der Waals surface area (Å²) in [6.07, 6.45) is 0. The van der Waals surface area contributed by atoms with E-state index >= 15 is 0 Å². The number of hydrogen-bond donors (Lipinski definition) is 0. The van der Waals surface area contributed by atoms with Crippen LogP contribution in [0.15, 0.2) is 261 Å². The lowest BCUT2D eigenvalue weighted by molar-refractivity contribution is 1.18. The maximum Gasteiger partial charge on any atom is 0.0973 e. The zero-order valence-corrected chi connectivity index (χ0v) is 40.9. The van der Waals surface area contributed by atoms with Gasteiger partial charge in [-0.2, -0.15) is 0 Å². The molecule has 344 valence electrons. The van der Waals surface area contributed by atoms with Crippen LogP contribution in [0.2, 0.25) is 0 Å². The van der Waals surface area contributed by atoms with Crippen LogP contribution in [-0.2, 0) is 0 Å². The quantitative estimate of drug-likeness (QED) is 0.159. The molecule has 0 bridgehead atoms. The van der Waals surface area contributed by atoms with E-state index in [2.05, 4.69) is 253 Å². The molecule has 0 saturated carbocycles. The number of benzene rings is 12. The first kappa shape index (κ1) is 42.2. The molecule has 15 aromatic rings. The Hall–Kier alpha value is -9.48. The van der Waals surface area contributed by atoms with E-state index in [1.807, 2.05) is 23.5 Å². The molecule has 0 fully saturated rings. The Balaban J connectivity index is 0.888. The monoisotopic (exact) mass is 957 g/mol. The van der Waals surface area contributed by atoms with Crippen molar-refractivity contribution in [2.24, 2.45) is 0 Å². The summed E-state index contributed by atoms with van der Waals surface area (Å²) >= 11 is 1.88.